The van der Waals surface area contributed by atoms with Gasteiger partial charge in [0.1, 0.15) is 5.75 Å². The Bertz CT molecular complexity index is 1160. The van der Waals surface area contributed by atoms with Crippen LogP contribution in [0.15, 0.2) is 83.9 Å². The van der Waals surface area contributed by atoms with Crippen molar-refractivity contribution in [3.8, 4) is 5.75 Å². The summed E-state index contributed by atoms with van der Waals surface area (Å²) in [6.07, 6.45) is 5.71. The van der Waals surface area contributed by atoms with Crippen LogP contribution in [-0.4, -0.2) is 17.1 Å². The molecule has 132 valence electrons. The van der Waals surface area contributed by atoms with Gasteiger partial charge in [-0.3, -0.25) is 9.78 Å². The van der Waals surface area contributed by atoms with Crippen LogP contribution in [0.3, 0.4) is 0 Å². The van der Waals surface area contributed by atoms with E-state index >= 15 is 0 Å². The Labute approximate surface area is 156 Å². The van der Waals surface area contributed by atoms with Crippen molar-refractivity contribution in [3.05, 3.63) is 106 Å². The predicted molar refractivity (Wildman–Crippen MR) is 109 cm³/mol. The summed E-state index contributed by atoms with van der Waals surface area (Å²) in [7, 11) is 1.66. The fourth-order valence-electron chi connectivity index (χ4n) is 3.05. The van der Waals surface area contributed by atoms with E-state index in [1.54, 1.807) is 19.4 Å². The number of benzene rings is 2. The number of nitrogens with zero attached hydrogens (tertiary/aromatic N) is 1. The Kier molecular flexibility index (Phi) is 4.54. The van der Waals surface area contributed by atoms with E-state index in [4.69, 9.17) is 4.74 Å². The predicted octanol–water partition coefficient (Wildman–Crippen LogP) is 4.52. The van der Waals surface area contributed by atoms with Gasteiger partial charge in [0, 0.05) is 24.0 Å². The third-order valence-electron chi connectivity index (χ3n) is 4.43. The van der Waals surface area contributed by atoms with E-state index in [0.717, 1.165) is 38.9 Å². The second-order valence-corrected chi connectivity index (χ2v) is 6.20. The second kappa shape index (κ2) is 7.30. The lowest BCUT2D eigenvalue weighted by Crippen LogP contribution is -2.02. The van der Waals surface area contributed by atoms with Gasteiger partial charge in [0.2, 0.25) is 5.56 Å². The molecule has 0 bridgehead atoms. The van der Waals surface area contributed by atoms with E-state index in [1.165, 1.54) is 0 Å². The molecule has 2 aromatic carbocycles. The summed E-state index contributed by atoms with van der Waals surface area (Å²) in [6, 6.07) is 21.3. The number of H-pyrrole nitrogens is 1. The molecule has 0 atom stereocenters. The highest BCUT2D eigenvalue weighted by Gasteiger charge is 2.08. The van der Waals surface area contributed by atoms with Crippen LogP contribution in [0, 0.1) is 0 Å². The van der Waals surface area contributed by atoms with Crippen LogP contribution in [-0.2, 0) is 0 Å². The molecule has 0 radical (unpaired) electrons. The third-order valence-corrected chi connectivity index (χ3v) is 4.43. The molecule has 4 aromatic rings. The van der Waals surface area contributed by atoms with Crippen molar-refractivity contribution in [3.63, 3.8) is 0 Å². The summed E-state index contributed by atoms with van der Waals surface area (Å²) in [4.78, 5) is 18.6. The van der Waals surface area contributed by atoms with Gasteiger partial charge in [0.05, 0.1) is 7.11 Å². The SMILES string of the molecule is COc1ccc(/C(=C/c2cccnc2)c2ccc3[nH]c(=O)ccc3c2)cc1. The number of aromatic amines is 1. The second-order valence-electron chi connectivity index (χ2n) is 6.20. The van der Waals surface area contributed by atoms with Gasteiger partial charge < -0.3 is 9.72 Å². The first-order valence-electron chi connectivity index (χ1n) is 8.62. The number of rotatable bonds is 4. The smallest absolute Gasteiger partial charge is 0.248 e. The molecule has 4 heteroatoms. The van der Waals surface area contributed by atoms with E-state index in [0.29, 0.717) is 0 Å². The van der Waals surface area contributed by atoms with Gasteiger partial charge in [-0.25, -0.2) is 0 Å². The molecule has 0 unspecified atom stereocenters. The molecule has 4 nitrogen and oxygen atoms in total. The average Bonchev–Trinajstić information content (AvgIpc) is 2.72. The van der Waals surface area contributed by atoms with Crippen LogP contribution in [0.2, 0.25) is 0 Å². The number of aromatic nitrogens is 2. The highest BCUT2D eigenvalue weighted by Crippen LogP contribution is 2.29. The fraction of sp³-hybridized carbons (Fsp3) is 0.0435. The Balaban J connectivity index is 1.87. The van der Waals surface area contributed by atoms with Gasteiger partial charge >= 0.3 is 0 Å². The normalized spacial score (nSPS) is 11.5. The Morgan fingerprint density at radius 3 is 2.56 bits per heavy atom. The molecular formula is C23H18N2O2. The summed E-state index contributed by atoms with van der Waals surface area (Å²) in [6.45, 7) is 0. The number of fused-ring (bicyclic) bond motifs is 1. The van der Waals surface area contributed by atoms with Crippen molar-refractivity contribution in [2.75, 3.05) is 7.11 Å². The summed E-state index contributed by atoms with van der Waals surface area (Å²) >= 11 is 0. The molecular weight excluding hydrogens is 336 g/mol. The molecule has 27 heavy (non-hydrogen) atoms. The first kappa shape index (κ1) is 16.8. The van der Waals surface area contributed by atoms with Crippen molar-refractivity contribution in [2.45, 2.75) is 0 Å². The topological polar surface area (TPSA) is 55.0 Å². The molecule has 0 spiro atoms. The van der Waals surface area contributed by atoms with E-state index in [9.17, 15) is 4.79 Å². The van der Waals surface area contributed by atoms with Gasteiger partial charge in [0.25, 0.3) is 0 Å². The van der Waals surface area contributed by atoms with Gasteiger partial charge in [0.15, 0.2) is 0 Å². The van der Waals surface area contributed by atoms with Crippen LogP contribution < -0.4 is 10.3 Å². The van der Waals surface area contributed by atoms with E-state index in [-0.39, 0.29) is 5.56 Å². The maximum atomic E-state index is 11.5. The largest absolute Gasteiger partial charge is 0.497 e. The van der Waals surface area contributed by atoms with Crippen LogP contribution in [0.1, 0.15) is 16.7 Å². The summed E-state index contributed by atoms with van der Waals surface area (Å²) < 4.78 is 5.28. The number of ether oxygens (including phenoxy) is 1. The molecule has 4 rings (SSSR count). The summed E-state index contributed by atoms with van der Waals surface area (Å²) in [5, 5.41) is 0.984. The van der Waals surface area contributed by atoms with Gasteiger partial charge in [-0.15, -0.1) is 0 Å². The number of hydrogen-bond donors (Lipinski definition) is 1. The molecule has 2 heterocycles. The fourth-order valence-corrected chi connectivity index (χ4v) is 3.05. The van der Waals surface area contributed by atoms with E-state index in [2.05, 4.69) is 22.1 Å². The zero-order chi connectivity index (χ0) is 18.6. The van der Waals surface area contributed by atoms with Crippen molar-refractivity contribution in [1.29, 1.82) is 0 Å². The van der Waals surface area contributed by atoms with Crippen molar-refractivity contribution >= 4 is 22.6 Å². The minimum Gasteiger partial charge on any atom is -0.497 e. The zero-order valence-corrected chi connectivity index (χ0v) is 14.8. The van der Waals surface area contributed by atoms with Crippen LogP contribution in [0.5, 0.6) is 5.75 Å². The van der Waals surface area contributed by atoms with Gasteiger partial charge in [-0.05, 0) is 70.1 Å². The number of hydrogen-bond acceptors (Lipinski definition) is 3. The van der Waals surface area contributed by atoms with Crippen LogP contribution >= 0.6 is 0 Å². The molecule has 0 aliphatic heterocycles. The van der Waals surface area contributed by atoms with E-state index < -0.39 is 0 Å². The number of nitrogens with one attached hydrogen (secondary N) is 1. The summed E-state index contributed by atoms with van der Waals surface area (Å²) in [5.41, 5.74) is 4.94. The first-order valence-corrected chi connectivity index (χ1v) is 8.62. The minimum atomic E-state index is -0.100. The lowest BCUT2D eigenvalue weighted by atomic mass is 9.95. The maximum Gasteiger partial charge on any atom is 0.248 e. The number of methoxy groups -OCH3 is 1. The van der Waals surface area contributed by atoms with Gasteiger partial charge in [-0.2, -0.15) is 0 Å². The zero-order valence-electron chi connectivity index (χ0n) is 14.8. The molecule has 0 aliphatic rings. The number of pyridine rings is 2. The highest BCUT2D eigenvalue weighted by molar-refractivity contribution is 5.94. The molecule has 0 fully saturated rings. The van der Waals surface area contributed by atoms with Crippen molar-refractivity contribution < 1.29 is 4.74 Å². The van der Waals surface area contributed by atoms with Crippen LogP contribution in [0.25, 0.3) is 22.6 Å². The average molecular weight is 354 g/mol. The highest BCUT2D eigenvalue weighted by atomic mass is 16.5. The Morgan fingerprint density at radius 1 is 1.00 bits per heavy atom. The molecule has 0 saturated heterocycles. The van der Waals surface area contributed by atoms with Gasteiger partial charge in [-0.1, -0.05) is 24.3 Å². The standard InChI is InChI=1S/C23H18N2O2/c1-27-20-8-4-17(5-9-20)21(13-16-3-2-12-24-15-16)18-6-10-22-19(14-18)7-11-23(26)25-22/h2-15H,1H3,(H,25,26)/b21-13-. The quantitative estimate of drug-likeness (QED) is 0.586. The lowest BCUT2D eigenvalue weighted by molar-refractivity contribution is 0.415. The minimum absolute atomic E-state index is 0.100. The molecule has 0 aliphatic carbocycles. The maximum absolute atomic E-state index is 11.5. The van der Waals surface area contributed by atoms with Crippen molar-refractivity contribution in [1.82, 2.24) is 9.97 Å². The molecule has 2 aromatic heterocycles. The molecule has 1 N–H and O–H groups in total. The van der Waals surface area contributed by atoms with Crippen LogP contribution in [0.4, 0.5) is 0 Å². The Morgan fingerprint density at radius 2 is 1.81 bits per heavy atom. The molecule has 0 amide bonds. The first-order chi connectivity index (χ1) is 13.2. The van der Waals surface area contributed by atoms with E-state index in [1.807, 2.05) is 60.8 Å². The van der Waals surface area contributed by atoms with Crippen molar-refractivity contribution in [2.24, 2.45) is 0 Å². The Hall–Kier alpha value is -3.66. The third kappa shape index (κ3) is 3.65. The molecule has 0 saturated carbocycles. The monoisotopic (exact) mass is 354 g/mol. The lowest BCUT2D eigenvalue weighted by Gasteiger charge is -2.11. The summed E-state index contributed by atoms with van der Waals surface area (Å²) in [5.74, 6) is 0.815.